The smallest absolute Gasteiger partial charge is 0.252 e. The van der Waals surface area contributed by atoms with E-state index in [0.717, 1.165) is 27.7 Å². The first-order valence-electron chi connectivity index (χ1n) is 9.33. The van der Waals surface area contributed by atoms with Gasteiger partial charge in [0.15, 0.2) is 0 Å². The summed E-state index contributed by atoms with van der Waals surface area (Å²) in [6, 6.07) is 5.97. The van der Waals surface area contributed by atoms with Crippen LogP contribution in [0.5, 0.6) is 0 Å². The lowest BCUT2D eigenvalue weighted by atomic mass is 9.99. The minimum atomic E-state index is -0.101. The van der Waals surface area contributed by atoms with E-state index < -0.39 is 0 Å². The van der Waals surface area contributed by atoms with Gasteiger partial charge in [0.1, 0.15) is 0 Å². The van der Waals surface area contributed by atoms with E-state index in [1.54, 1.807) is 12.0 Å². The Labute approximate surface area is 159 Å². The highest BCUT2D eigenvalue weighted by molar-refractivity contribution is 6.07. The zero-order chi connectivity index (χ0) is 19.6. The van der Waals surface area contributed by atoms with Gasteiger partial charge >= 0.3 is 0 Å². The molecule has 0 bridgehead atoms. The molecule has 1 saturated heterocycles. The van der Waals surface area contributed by atoms with E-state index in [0.29, 0.717) is 38.2 Å². The van der Waals surface area contributed by atoms with Crippen molar-refractivity contribution in [1.82, 2.24) is 15.2 Å². The van der Waals surface area contributed by atoms with Crippen molar-refractivity contribution >= 4 is 22.7 Å². The van der Waals surface area contributed by atoms with Crippen molar-refractivity contribution < 1.29 is 14.3 Å². The number of amides is 2. The van der Waals surface area contributed by atoms with Crippen LogP contribution < -0.4 is 5.32 Å². The van der Waals surface area contributed by atoms with Gasteiger partial charge in [-0.05, 0) is 38.5 Å². The first-order valence-corrected chi connectivity index (χ1v) is 9.33. The third-order valence-corrected chi connectivity index (χ3v) is 5.27. The van der Waals surface area contributed by atoms with Gasteiger partial charge in [-0.15, -0.1) is 0 Å². The Balaban J connectivity index is 1.74. The Bertz CT molecular complexity index is 879. The fourth-order valence-corrected chi connectivity index (χ4v) is 3.62. The number of aromatic nitrogens is 1. The third kappa shape index (κ3) is 4.11. The summed E-state index contributed by atoms with van der Waals surface area (Å²) in [7, 11) is 1.63. The highest BCUT2D eigenvalue weighted by Gasteiger charge is 2.29. The first-order chi connectivity index (χ1) is 12.9. The molecular formula is C21H27N3O3. The number of likely N-dealkylation sites (tertiary alicyclic amines) is 1. The highest BCUT2D eigenvalue weighted by Crippen LogP contribution is 2.24. The Morgan fingerprint density at radius 3 is 2.85 bits per heavy atom. The molecule has 2 heterocycles. The fraction of sp³-hybridized carbons (Fsp3) is 0.476. The summed E-state index contributed by atoms with van der Waals surface area (Å²) < 4.78 is 5.05. The standard InChI is InChI=1S/C21H27N3O3/c1-13-5-6-18-17(9-13)20(14(2)15(3)23-18)21(26)22-11-16-10-19(25)24(12-16)7-8-27-4/h5-6,9,16H,7-8,10-12H2,1-4H3,(H,22,26). The van der Waals surface area contributed by atoms with Gasteiger partial charge in [-0.25, -0.2) is 0 Å². The molecule has 27 heavy (non-hydrogen) atoms. The molecule has 2 aromatic rings. The molecule has 0 spiro atoms. The second kappa shape index (κ2) is 8.05. The van der Waals surface area contributed by atoms with E-state index in [1.807, 2.05) is 39.0 Å². The van der Waals surface area contributed by atoms with Crippen LogP contribution in [0.15, 0.2) is 18.2 Å². The van der Waals surface area contributed by atoms with Gasteiger partial charge in [-0.3, -0.25) is 14.6 Å². The van der Waals surface area contributed by atoms with Gasteiger partial charge in [-0.2, -0.15) is 0 Å². The Morgan fingerprint density at radius 1 is 1.33 bits per heavy atom. The maximum absolute atomic E-state index is 13.0. The summed E-state index contributed by atoms with van der Waals surface area (Å²) in [4.78, 5) is 31.5. The SMILES string of the molecule is COCCN1CC(CNC(=O)c2c(C)c(C)nc3ccc(C)cc23)CC1=O. The van der Waals surface area contributed by atoms with Crippen LogP contribution in [0, 0.1) is 26.7 Å². The number of nitrogens with zero attached hydrogens (tertiary/aromatic N) is 2. The predicted molar refractivity (Wildman–Crippen MR) is 105 cm³/mol. The number of carbonyl (C=O) groups excluding carboxylic acids is 2. The number of fused-ring (bicyclic) bond motifs is 1. The van der Waals surface area contributed by atoms with Crippen LogP contribution in [-0.4, -0.2) is 55.0 Å². The zero-order valence-corrected chi connectivity index (χ0v) is 16.5. The van der Waals surface area contributed by atoms with Gasteiger partial charge in [0, 0.05) is 50.2 Å². The average Bonchev–Trinajstić information content (AvgIpc) is 2.99. The summed E-state index contributed by atoms with van der Waals surface area (Å²) in [6.45, 7) is 8.16. The molecule has 1 unspecified atom stereocenters. The van der Waals surface area contributed by atoms with E-state index in [4.69, 9.17) is 4.74 Å². The summed E-state index contributed by atoms with van der Waals surface area (Å²) in [5, 5.41) is 3.92. The van der Waals surface area contributed by atoms with Crippen LogP contribution in [0.25, 0.3) is 10.9 Å². The number of benzene rings is 1. The van der Waals surface area contributed by atoms with E-state index in [1.165, 1.54) is 0 Å². The van der Waals surface area contributed by atoms with Crippen LogP contribution in [0.4, 0.5) is 0 Å². The van der Waals surface area contributed by atoms with Crippen LogP contribution in [-0.2, 0) is 9.53 Å². The molecule has 3 rings (SSSR count). The van der Waals surface area contributed by atoms with Crippen molar-refractivity contribution in [3.05, 3.63) is 40.6 Å². The van der Waals surface area contributed by atoms with Crippen LogP contribution in [0.1, 0.15) is 33.6 Å². The van der Waals surface area contributed by atoms with E-state index in [2.05, 4.69) is 10.3 Å². The molecule has 1 aromatic heterocycles. The maximum atomic E-state index is 13.0. The summed E-state index contributed by atoms with van der Waals surface area (Å²) in [5.41, 5.74) is 4.36. The first kappa shape index (κ1) is 19.3. The lowest BCUT2D eigenvalue weighted by Crippen LogP contribution is -2.33. The second-order valence-electron chi connectivity index (χ2n) is 7.33. The number of pyridine rings is 1. The number of hydrogen-bond acceptors (Lipinski definition) is 4. The molecule has 1 aliphatic rings. The molecule has 0 radical (unpaired) electrons. The lowest BCUT2D eigenvalue weighted by molar-refractivity contribution is -0.128. The van der Waals surface area contributed by atoms with E-state index in [-0.39, 0.29) is 17.7 Å². The van der Waals surface area contributed by atoms with Gasteiger partial charge in [0.05, 0.1) is 17.7 Å². The maximum Gasteiger partial charge on any atom is 0.252 e. The summed E-state index contributed by atoms with van der Waals surface area (Å²) in [5.74, 6) is 0.161. The second-order valence-corrected chi connectivity index (χ2v) is 7.33. The number of nitrogens with one attached hydrogen (secondary N) is 1. The van der Waals surface area contributed by atoms with Crippen LogP contribution in [0.3, 0.4) is 0 Å². The van der Waals surface area contributed by atoms with Crippen molar-refractivity contribution in [3.8, 4) is 0 Å². The molecule has 144 valence electrons. The minimum Gasteiger partial charge on any atom is -0.383 e. The number of rotatable bonds is 6. The number of ether oxygens (including phenoxy) is 1. The highest BCUT2D eigenvalue weighted by atomic mass is 16.5. The Hall–Kier alpha value is -2.47. The third-order valence-electron chi connectivity index (χ3n) is 5.27. The average molecular weight is 369 g/mol. The molecule has 6 nitrogen and oxygen atoms in total. The van der Waals surface area contributed by atoms with Crippen molar-refractivity contribution in [2.75, 3.05) is 33.4 Å². The van der Waals surface area contributed by atoms with Gasteiger partial charge in [0.2, 0.25) is 5.91 Å². The molecule has 0 aliphatic carbocycles. The Kier molecular flexibility index (Phi) is 5.75. The molecule has 1 aliphatic heterocycles. The number of hydrogen-bond donors (Lipinski definition) is 1. The van der Waals surface area contributed by atoms with E-state index >= 15 is 0 Å². The molecule has 0 saturated carbocycles. The van der Waals surface area contributed by atoms with Crippen molar-refractivity contribution in [3.63, 3.8) is 0 Å². The van der Waals surface area contributed by atoms with Gasteiger partial charge in [-0.1, -0.05) is 11.6 Å². The van der Waals surface area contributed by atoms with Crippen LogP contribution >= 0.6 is 0 Å². The fourth-order valence-electron chi connectivity index (χ4n) is 3.62. The minimum absolute atomic E-state index is 0.101. The molecule has 6 heteroatoms. The molecule has 1 fully saturated rings. The quantitative estimate of drug-likeness (QED) is 0.849. The topological polar surface area (TPSA) is 71.5 Å². The number of carbonyl (C=O) groups is 2. The monoisotopic (exact) mass is 369 g/mol. The van der Waals surface area contributed by atoms with Crippen molar-refractivity contribution in [1.29, 1.82) is 0 Å². The van der Waals surface area contributed by atoms with E-state index in [9.17, 15) is 9.59 Å². The zero-order valence-electron chi connectivity index (χ0n) is 16.5. The number of methoxy groups -OCH3 is 1. The number of aryl methyl sites for hydroxylation is 2. The summed E-state index contributed by atoms with van der Waals surface area (Å²) >= 11 is 0. The predicted octanol–water partition coefficient (Wildman–Crippen LogP) is 2.38. The van der Waals surface area contributed by atoms with Crippen molar-refractivity contribution in [2.45, 2.75) is 27.2 Å². The molecule has 2 amide bonds. The van der Waals surface area contributed by atoms with Gasteiger partial charge < -0.3 is 15.0 Å². The summed E-state index contributed by atoms with van der Waals surface area (Å²) in [6.07, 6.45) is 0.470. The molecule has 1 atom stereocenters. The lowest BCUT2D eigenvalue weighted by Gasteiger charge is -2.17. The largest absolute Gasteiger partial charge is 0.383 e. The van der Waals surface area contributed by atoms with Gasteiger partial charge in [0.25, 0.3) is 5.91 Å². The normalized spacial score (nSPS) is 17.0. The molecular weight excluding hydrogens is 342 g/mol. The molecule has 1 N–H and O–H groups in total. The van der Waals surface area contributed by atoms with Crippen molar-refractivity contribution in [2.24, 2.45) is 5.92 Å². The molecule has 1 aromatic carbocycles. The van der Waals surface area contributed by atoms with Crippen LogP contribution in [0.2, 0.25) is 0 Å². The Morgan fingerprint density at radius 2 is 2.11 bits per heavy atom.